The first-order chi connectivity index (χ1) is 18.1. The second-order valence-electron chi connectivity index (χ2n) is 9.88. The SMILES string of the molecule is C=CCn1c(CNC(=O)c2ccc(OC)cc2)nnc1SCC(=O)N(C1CCCCC1)C1CCCCC1. The number of ether oxygens (including phenoxy) is 1. The molecule has 0 unspecified atom stereocenters. The van der Waals surface area contributed by atoms with Crippen LogP contribution in [0.3, 0.4) is 0 Å². The van der Waals surface area contributed by atoms with Gasteiger partial charge in [-0.05, 0) is 49.9 Å². The normalized spacial score (nSPS) is 16.8. The third-order valence-corrected chi connectivity index (χ3v) is 8.36. The van der Waals surface area contributed by atoms with Crippen molar-refractivity contribution in [1.29, 1.82) is 0 Å². The summed E-state index contributed by atoms with van der Waals surface area (Å²) in [6, 6.07) is 7.70. The summed E-state index contributed by atoms with van der Waals surface area (Å²) in [5, 5.41) is 12.3. The Morgan fingerprint density at radius 3 is 2.24 bits per heavy atom. The topological polar surface area (TPSA) is 89.4 Å². The predicted octanol–water partition coefficient (Wildman–Crippen LogP) is 4.99. The first-order valence-corrected chi connectivity index (χ1v) is 14.5. The van der Waals surface area contributed by atoms with Crippen LogP contribution in [0, 0.1) is 0 Å². The molecule has 1 N–H and O–H groups in total. The molecule has 37 heavy (non-hydrogen) atoms. The van der Waals surface area contributed by atoms with Crippen molar-refractivity contribution in [3.8, 4) is 5.75 Å². The fourth-order valence-electron chi connectivity index (χ4n) is 5.50. The Hall–Kier alpha value is -2.81. The van der Waals surface area contributed by atoms with E-state index in [2.05, 4.69) is 27.0 Å². The largest absolute Gasteiger partial charge is 0.497 e. The highest BCUT2D eigenvalue weighted by molar-refractivity contribution is 7.99. The summed E-state index contributed by atoms with van der Waals surface area (Å²) in [6.45, 7) is 4.60. The van der Waals surface area contributed by atoms with E-state index in [0.29, 0.717) is 46.7 Å². The lowest BCUT2D eigenvalue weighted by Gasteiger charge is -2.41. The van der Waals surface area contributed by atoms with Crippen LogP contribution in [0.25, 0.3) is 0 Å². The summed E-state index contributed by atoms with van der Waals surface area (Å²) >= 11 is 1.43. The van der Waals surface area contributed by atoms with Gasteiger partial charge in [-0.1, -0.05) is 56.4 Å². The van der Waals surface area contributed by atoms with Crippen molar-refractivity contribution in [2.45, 2.75) is 94.5 Å². The minimum absolute atomic E-state index is 0.198. The Labute approximate surface area is 224 Å². The molecule has 2 amide bonds. The van der Waals surface area contributed by atoms with Crippen molar-refractivity contribution in [3.63, 3.8) is 0 Å². The number of carbonyl (C=O) groups excluding carboxylic acids is 2. The Morgan fingerprint density at radius 2 is 1.68 bits per heavy atom. The highest BCUT2D eigenvalue weighted by Crippen LogP contribution is 2.31. The molecule has 0 aliphatic heterocycles. The molecule has 2 aromatic rings. The number of hydrogen-bond donors (Lipinski definition) is 1. The van der Waals surface area contributed by atoms with E-state index in [-0.39, 0.29) is 18.4 Å². The zero-order valence-electron chi connectivity index (χ0n) is 21.9. The molecule has 0 spiro atoms. The first kappa shape index (κ1) is 27.2. The van der Waals surface area contributed by atoms with Crippen LogP contribution in [0.5, 0.6) is 5.75 Å². The first-order valence-electron chi connectivity index (χ1n) is 13.5. The standard InChI is InChI=1S/C28H39N5O3S/c1-3-18-32-25(19-29-27(35)21-14-16-24(36-2)17-15-21)30-31-28(32)37-20-26(34)33(22-10-6-4-7-11-22)23-12-8-5-9-13-23/h3,14-17,22-23H,1,4-13,18-20H2,2H3,(H,29,35). The van der Waals surface area contributed by atoms with Gasteiger partial charge in [-0.2, -0.15) is 0 Å². The number of methoxy groups -OCH3 is 1. The number of benzene rings is 1. The van der Waals surface area contributed by atoms with Gasteiger partial charge >= 0.3 is 0 Å². The van der Waals surface area contributed by atoms with Crippen molar-refractivity contribution in [2.75, 3.05) is 12.9 Å². The van der Waals surface area contributed by atoms with Crippen LogP contribution in [-0.2, 0) is 17.9 Å². The number of rotatable bonds is 11. The monoisotopic (exact) mass is 525 g/mol. The van der Waals surface area contributed by atoms with Crippen molar-refractivity contribution in [2.24, 2.45) is 0 Å². The van der Waals surface area contributed by atoms with Gasteiger partial charge in [-0.15, -0.1) is 16.8 Å². The lowest BCUT2D eigenvalue weighted by atomic mass is 9.88. The van der Waals surface area contributed by atoms with Crippen molar-refractivity contribution in [1.82, 2.24) is 25.0 Å². The van der Waals surface area contributed by atoms with Gasteiger partial charge in [0.15, 0.2) is 11.0 Å². The van der Waals surface area contributed by atoms with Crippen molar-refractivity contribution < 1.29 is 14.3 Å². The average molecular weight is 526 g/mol. The van der Waals surface area contributed by atoms with Crippen LogP contribution < -0.4 is 10.1 Å². The second-order valence-corrected chi connectivity index (χ2v) is 10.8. The van der Waals surface area contributed by atoms with Crippen LogP contribution >= 0.6 is 11.8 Å². The Kier molecular flexibility index (Phi) is 10.0. The maximum absolute atomic E-state index is 13.6. The van der Waals surface area contributed by atoms with Crippen LogP contribution in [0.15, 0.2) is 42.1 Å². The Balaban J connectivity index is 1.39. The van der Waals surface area contributed by atoms with E-state index >= 15 is 0 Å². The molecule has 4 rings (SSSR count). The molecule has 2 fully saturated rings. The molecular weight excluding hydrogens is 486 g/mol. The van der Waals surface area contributed by atoms with Gasteiger partial charge in [-0.25, -0.2) is 0 Å². The fraction of sp³-hybridized carbons (Fsp3) is 0.571. The summed E-state index contributed by atoms with van der Waals surface area (Å²) < 4.78 is 7.08. The maximum atomic E-state index is 13.6. The molecule has 2 aliphatic rings. The van der Waals surface area contributed by atoms with Crippen LogP contribution in [0.1, 0.15) is 80.4 Å². The summed E-state index contributed by atoms with van der Waals surface area (Å²) in [5.74, 6) is 1.69. The third kappa shape index (κ3) is 7.15. The number of carbonyl (C=O) groups is 2. The molecule has 8 nitrogen and oxygen atoms in total. The lowest BCUT2D eigenvalue weighted by molar-refractivity contribution is -0.135. The fourth-order valence-corrected chi connectivity index (χ4v) is 6.33. The number of allylic oxidation sites excluding steroid dienone is 1. The molecule has 0 bridgehead atoms. The van der Waals surface area contributed by atoms with Crippen molar-refractivity contribution >= 4 is 23.6 Å². The molecule has 1 aromatic heterocycles. The van der Waals surface area contributed by atoms with Crippen LogP contribution in [0.4, 0.5) is 0 Å². The van der Waals surface area contributed by atoms with E-state index in [1.54, 1.807) is 37.5 Å². The molecule has 0 radical (unpaired) electrons. The number of nitrogens with one attached hydrogen (secondary N) is 1. The van der Waals surface area contributed by atoms with Gasteiger partial charge in [0.1, 0.15) is 5.75 Å². The quantitative estimate of drug-likeness (QED) is 0.328. The smallest absolute Gasteiger partial charge is 0.251 e. The lowest BCUT2D eigenvalue weighted by Crippen LogP contribution is -2.49. The van der Waals surface area contributed by atoms with E-state index in [1.807, 2.05) is 4.57 Å². The number of nitrogens with zero attached hydrogens (tertiary/aromatic N) is 4. The van der Waals surface area contributed by atoms with Gasteiger partial charge in [0, 0.05) is 24.2 Å². The van der Waals surface area contributed by atoms with E-state index in [4.69, 9.17) is 4.74 Å². The highest BCUT2D eigenvalue weighted by atomic mass is 32.2. The number of aromatic nitrogens is 3. The Morgan fingerprint density at radius 1 is 1.05 bits per heavy atom. The van der Waals surface area contributed by atoms with E-state index in [9.17, 15) is 9.59 Å². The molecule has 1 aromatic carbocycles. The molecule has 0 saturated heterocycles. The van der Waals surface area contributed by atoms with Gasteiger partial charge in [0.05, 0.1) is 19.4 Å². The highest BCUT2D eigenvalue weighted by Gasteiger charge is 2.32. The predicted molar refractivity (Wildman–Crippen MR) is 146 cm³/mol. The summed E-state index contributed by atoms with van der Waals surface area (Å²) in [4.78, 5) is 28.4. The minimum atomic E-state index is -0.198. The molecule has 200 valence electrons. The Bertz CT molecular complexity index is 1020. The molecule has 2 saturated carbocycles. The molecule has 2 aliphatic carbocycles. The summed E-state index contributed by atoms with van der Waals surface area (Å²) in [5.41, 5.74) is 0.543. The average Bonchev–Trinajstić information content (AvgIpc) is 3.33. The van der Waals surface area contributed by atoms with Crippen LogP contribution in [-0.4, -0.2) is 56.4 Å². The molecule has 9 heteroatoms. The second kappa shape index (κ2) is 13.7. The minimum Gasteiger partial charge on any atom is -0.497 e. The number of hydrogen-bond acceptors (Lipinski definition) is 6. The van der Waals surface area contributed by atoms with E-state index in [1.165, 1.54) is 50.3 Å². The summed E-state index contributed by atoms with van der Waals surface area (Å²) in [6.07, 6.45) is 13.7. The zero-order chi connectivity index (χ0) is 26.0. The van der Waals surface area contributed by atoms with Gasteiger partial charge in [0.2, 0.25) is 5.91 Å². The van der Waals surface area contributed by atoms with E-state index < -0.39 is 0 Å². The number of thioether (sulfide) groups is 1. The van der Waals surface area contributed by atoms with Crippen LogP contribution in [0.2, 0.25) is 0 Å². The summed E-state index contributed by atoms with van der Waals surface area (Å²) in [7, 11) is 1.59. The maximum Gasteiger partial charge on any atom is 0.251 e. The zero-order valence-corrected chi connectivity index (χ0v) is 22.7. The molecule has 1 heterocycles. The van der Waals surface area contributed by atoms with Gasteiger partial charge in [0.25, 0.3) is 5.91 Å². The number of amides is 2. The molecular formula is C28H39N5O3S. The molecule has 0 atom stereocenters. The van der Waals surface area contributed by atoms with Crippen molar-refractivity contribution in [3.05, 3.63) is 48.3 Å². The van der Waals surface area contributed by atoms with Gasteiger partial charge in [-0.3, -0.25) is 9.59 Å². The van der Waals surface area contributed by atoms with Gasteiger partial charge < -0.3 is 19.5 Å². The van der Waals surface area contributed by atoms with E-state index in [0.717, 1.165) is 25.7 Å². The third-order valence-electron chi connectivity index (χ3n) is 7.41.